The van der Waals surface area contributed by atoms with Gasteiger partial charge < -0.3 is 4.90 Å². The Kier molecular flexibility index (Phi) is 6.10. The Balaban J connectivity index is 1.75. The van der Waals surface area contributed by atoms with Gasteiger partial charge in [0.2, 0.25) is 0 Å². The van der Waals surface area contributed by atoms with E-state index in [4.69, 9.17) is 0 Å². The van der Waals surface area contributed by atoms with Crippen molar-refractivity contribution in [1.29, 1.82) is 0 Å². The van der Waals surface area contributed by atoms with Crippen LogP contribution in [0.1, 0.15) is 53.8 Å². The zero-order valence-corrected chi connectivity index (χ0v) is 15.1. The number of aromatic nitrogens is 2. The van der Waals surface area contributed by atoms with Crippen molar-refractivity contribution in [2.24, 2.45) is 0 Å². The fourth-order valence-corrected chi connectivity index (χ4v) is 3.16. The van der Waals surface area contributed by atoms with Crippen LogP contribution in [0.5, 0.6) is 0 Å². The fraction of sp³-hybridized carbons (Fsp3) is 0.381. The second kappa shape index (κ2) is 8.70. The van der Waals surface area contributed by atoms with Crippen molar-refractivity contribution in [2.75, 3.05) is 6.54 Å². The lowest BCUT2D eigenvalue weighted by molar-refractivity contribution is 0.0743. The molecule has 26 heavy (non-hydrogen) atoms. The zero-order chi connectivity index (χ0) is 18.4. The Labute approximate surface area is 153 Å². The van der Waals surface area contributed by atoms with E-state index >= 15 is 0 Å². The maximum atomic E-state index is 13.2. The molecule has 1 aromatic carbocycles. The predicted octanol–water partition coefficient (Wildman–Crippen LogP) is 4.46. The number of nitrogens with zero attached hydrogens (tertiary/aromatic N) is 3. The number of allylic oxidation sites excluding steroid dienone is 1. The van der Waals surface area contributed by atoms with E-state index < -0.39 is 0 Å². The molecule has 4 nitrogen and oxygen atoms in total. The molecule has 0 bridgehead atoms. The van der Waals surface area contributed by atoms with Crippen LogP contribution in [-0.2, 0) is 6.54 Å². The molecule has 3 rings (SSSR count). The van der Waals surface area contributed by atoms with Gasteiger partial charge in [-0.05, 0) is 56.7 Å². The number of amides is 1. The van der Waals surface area contributed by atoms with E-state index in [-0.39, 0.29) is 11.7 Å². The number of carbonyl (C=O) groups is 1. The zero-order valence-electron chi connectivity index (χ0n) is 15.1. The quantitative estimate of drug-likeness (QED) is 0.721. The Morgan fingerprint density at radius 2 is 1.88 bits per heavy atom. The highest BCUT2D eigenvalue weighted by molar-refractivity contribution is 5.93. The van der Waals surface area contributed by atoms with Crippen molar-refractivity contribution in [1.82, 2.24) is 14.9 Å². The predicted molar refractivity (Wildman–Crippen MR) is 99.1 cm³/mol. The van der Waals surface area contributed by atoms with Gasteiger partial charge in [-0.1, -0.05) is 23.8 Å². The van der Waals surface area contributed by atoms with Gasteiger partial charge in [0.15, 0.2) is 0 Å². The van der Waals surface area contributed by atoms with Gasteiger partial charge in [-0.3, -0.25) is 4.79 Å². The average Bonchev–Trinajstić information content (AvgIpc) is 2.67. The van der Waals surface area contributed by atoms with Crippen LogP contribution < -0.4 is 0 Å². The number of halogens is 1. The molecule has 0 fully saturated rings. The Bertz CT molecular complexity index is 769. The van der Waals surface area contributed by atoms with Crippen LogP contribution in [0.25, 0.3) is 0 Å². The Morgan fingerprint density at radius 1 is 1.15 bits per heavy atom. The largest absolute Gasteiger partial charge is 0.334 e. The second-order valence-electron chi connectivity index (χ2n) is 6.73. The van der Waals surface area contributed by atoms with Crippen molar-refractivity contribution < 1.29 is 9.18 Å². The molecule has 2 aromatic rings. The van der Waals surface area contributed by atoms with Crippen molar-refractivity contribution in [3.8, 4) is 0 Å². The number of hydrogen-bond acceptors (Lipinski definition) is 3. The van der Waals surface area contributed by atoms with E-state index in [2.05, 4.69) is 16.0 Å². The molecule has 1 aromatic heterocycles. The summed E-state index contributed by atoms with van der Waals surface area (Å²) in [6, 6.07) is 6.30. The smallest absolute Gasteiger partial charge is 0.257 e. The summed E-state index contributed by atoms with van der Waals surface area (Å²) in [5, 5.41) is 0. The minimum absolute atomic E-state index is 0.0919. The lowest BCUT2D eigenvalue weighted by atomic mass is 9.97. The summed E-state index contributed by atoms with van der Waals surface area (Å²) in [6.07, 6.45) is 11.0. The summed E-state index contributed by atoms with van der Waals surface area (Å²) in [5.74, 6) is 0.274. The van der Waals surface area contributed by atoms with E-state index in [1.165, 1.54) is 30.5 Å². The van der Waals surface area contributed by atoms with Gasteiger partial charge in [0.25, 0.3) is 5.91 Å². The molecule has 0 N–H and O–H groups in total. The number of aryl methyl sites for hydroxylation is 1. The molecule has 0 aliphatic heterocycles. The minimum atomic E-state index is -0.272. The molecular formula is C21H24FN3O. The molecule has 1 amide bonds. The Hall–Kier alpha value is -2.56. The number of hydrogen-bond donors (Lipinski definition) is 0. The Morgan fingerprint density at radius 3 is 2.54 bits per heavy atom. The third-order valence-corrected chi connectivity index (χ3v) is 4.69. The van der Waals surface area contributed by atoms with Crippen LogP contribution >= 0.6 is 0 Å². The normalized spacial score (nSPS) is 14.0. The summed E-state index contributed by atoms with van der Waals surface area (Å²) >= 11 is 0. The van der Waals surface area contributed by atoms with Crippen molar-refractivity contribution >= 4 is 5.91 Å². The van der Waals surface area contributed by atoms with E-state index in [9.17, 15) is 9.18 Å². The van der Waals surface area contributed by atoms with Crippen molar-refractivity contribution in [3.63, 3.8) is 0 Å². The molecule has 0 unspecified atom stereocenters. The molecular weight excluding hydrogens is 329 g/mol. The van der Waals surface area contributed by atoms with E-state index in [0.717, 1.165) is 24.8 Å². The molecule has 0 atom stereocenters. The lowest BCUT2D eigenvalue weighted by Crippen LogP contribution is -2.32. The highest BCUT2D eigenvalue weighted by Crippen LogP contribution is 2.21. The van der Waals surface area contributed by atoms with Crippen molar-refractivity contribution in [2.45, 2.75) is 45.6 Å². The molecule has 136 valence electrons. The maximum Gasteiger partial charge on any atom is 0.257 e. The monoisotopic (exact) mass is 353 g/mol. The van der Waals surface area contributed by atoms with Crippen LogP contribution in [0.4, 0.5) is 4.39 Å². The first-order valence-corrected chi connectivity index (χ1v) is 9.12. The summed E-state index contributed by atoms with van der Waals surface area (Å²) < 4.78 is 13.2. The van der Waals surface area contributed by atoms with Crippen LogP contribution in [0.15, 0.2) is 48.3 Å². The highest BCUT2D eigenvalue weighted by atomic mass is 19.1. The lowest BCUT2D eigenvalue weighted by Gasteiger charge is -2.24. The van der Waals surface area contributed by atoms with Crippen molar-refractivity contribution in [3.05, 3.63) is 71.1 Å². The van der Waals surface area contributed by atoms with Crippen LogP contribution in [-0.4, -0.2) is 27.3 Å². The van der Waals surface area contributed by atoms with Crippen LogP contribution in [0.2, 0.25) is 0 Å². The first-order chi connectivity index (χ1) is 12.6. The van der Waals surface area contributed by atoms with Gasteiger partial charge >= 0.3 is 0 Å². The molecule has 0 saturated carbocycles. The van der Waals surface area contributed by atoms with Gasteiger partial charge in [-0.25, -0.2) is 14.4 Å². The summed E-state index contributed by atoms with van der Waals surface area (Å²) in [7, 11) is 0. The van der Waals surface area contributed by atoms with Gasteiger partial charge in [0.05, 0.1) is 5.56 Å². The molecule has 1 heterocycles. The van der Waals surface area contributed by atoms with Crippen LogP contribution in [0, 0.1) is 12.7 Å². The molecule has 1 aliphatic rings. The fourth-order valence-electron chi connectivity index (χ4n) is 3.16. The molecule has 1 aliphatic carbocycles. The van der Waals surface area contributed by atoms with Crippen LogP contribution in [0.3, 0.4) is 0 Å². The second-order valence-corrected chi connectivity index (χ2v) is 6.73. The third-order valence-electron chi connectivity index (χ3n) is 4.69. The van der Waals surface area contributed by atoms with E-state index in [0.29, 0.717) is 24.5 Å². The highest BCUT2D eigenvalue weighted by Gasteiger charge is 2.18. The number of carbonyl (C=O) groups excluding carboxylic acids is 1. The van der Waals surface area contributed by atoms with Gasteiger partial charge in [-0.2, -0.15) is 0 Å². The summed E-state index contributed by atoms with van der Waals surface area (Å²) in [4.78, 5) is 23.0. The van der Waals surface area contributed by atoms with Gasteiger partial charge in [-0.15, -0.1) is 0 Å². The number of benzene rings is 1. The standard InChI is InChI=1S/C21H24FN3O/c1-16-23-13-19(14-24-16)21(26)25(12-11-17-5-3-2-4-6-17)15-18-7-9-20(22)10-8-18/h5,7-10,13-14H,2-4,6,11-12,15H2,1H3. The summed E-state index contributed by atoms with van der Waals surface area (Å²) in [6.45, 7) is 2.87. The summed E-state index contributed by atoms with van der Waals surface area (Å²) in [5.41, 5.74) is 2.81. The molecule has 5 heteroatoms. The van der Waals surface area contributed by atoms with Gasteiger partial charge in [0.1, 0.15) is 11.6 Å². The SMILES string of the molecule is Cc1ncc(C(=O)N(CCC2=CCCCC2)Cc2ccc(F)cc2)cn1. The van der Waals surface area contributed by atoms with E-state index in [1.807, 2.05) is 0 Å². The third kappa shape index (κ3) is 4.97. The first-order valence-electron chi connectivity index (χ1n) is 9.12. The molecule has 0 saturated heterocycles. The first kappa shape index (κ1) is 18.2. The topological polar surface area (TPSA) is 46.1 Å². The molecule has 0 spiro atoms. The molecule has 0 radical (unpaired) electrons. The maximum absolute atomic E-state index is 13.2. The average molecular weight is 353 g/mol. The minimum Gasteiger partial charge on any atom is -0.334 e. The van der Waals surface area contributed by atoms with E-state index in [1.54, 1.807) is 36.4 Å². The van der Waals surface area contributed by atoms with Gasteiger partial charge in [0, 0.05) is 25.5 Å². The number of rotatable bonds is 6.